The normalized spacial score (nSPS) is 21.8. The Balaban J connectivity index is 1.99. The summed E-state index contributed by atoms with van der Waals surface area (Å²) in [6, 6.07) is 1.25. The fourth-order valence-corrected chi connectivity index (χ4v) is 5.66. The minimum atomic E-state index is -1.15. The second kappa shape index (κ2) is 11.6. The van der Waals surface area contributed by atoms with Crippen molar-refractivity contribution in [3.8, 4) is 23.0 Å². The van der Waals surface area contributed by atoms with Gasteiger partial charge in [-0.05, 0) is 39.0 Å². The van der Waals surface area contributed by atoms with E-state index in [0.717, 1.165) is 81.5 Å². The molecule has 0 aromatic heterocycles. The van der Waals surface area contributed by atoms with Crippen molar-refractivity contribution >= 4 is 8.07 Å². The molecule has 0 aliphatic carbocycles. The molecule has 0 amide bonds. The predicted octanol–water partition coefficient (Wildman–Crippen LogP) is 6.09. The maximum Gasteiger partial charge on any atom is 0.207 e. The zero-order valence-corrected chi connectivity index (χ0v) is 21.9. The van der Waals surface area contributed by atoms with Gasteiger partial charge in [0.05, 0.1) is 27.4 Å². The van der Waals surface area contributed by atoms with E-state index in [-0.39, 0.29) is 12.6 Å². The third kappa shape index (κ3) is 6.55. The quantitative estimate of drug-likeness (QED) is 0.389. The van der Waals surface area contributed by atoms with Gasteiger partial charge in [-0.25, -0.2) is 0 Å². The first-order valence-corrected chi connectivity index (χ1v) is 15.9. The van der Waals surface area contributed by atoms with E-state index in [1.807, 2.05) is 0 Å². The zero-order chi connectivity index (χ0) is 23.1. The van der Waals surface area contributed by atoms with Crippen molar-refractivity contribution in [3.63, 3.8) is 0 Å². The second-order valence-electron chi connectivity index (χ2n) is 10.1. The van der Waals surface area contributed by atoms with Gasteiger partial charge in [0.1, 0.15) is 0 Å². The second-order valence-corrected chi connectivity index (χ2v) is 15.7. The molecule has 0 saturated carbocycles. The van der Waals surface area contributed by atoms with E-state index in [1.165, 1.54) is 6.04 Å². The highest BCUT2D eigenvalue weighted by Crippen LogP contribution is 2.51. The van der Waals surface area contributed by atoms with Gasteiger partial charge in [-0.2, -0.15) is 0 Å². The van der Waals surface area contributed by atoms with E-state index in [2.05, 4.69) is 26.6 Å². The van der Waals surface area contributed by atoms with E-state index in [4.69, 9.17) is 28.4 Å². The van der Waals surface area contributed by atoms with Crippen molar-refractivity contribution < 1.29 is 28.4 Å². The Hall–Kier alpha value is -1.44. The van der Waals surface area contributed by atoms with Gasteiger partial charge in [-0.3, -0.25) is 0 Å². The molecule has 2 atom stereocenters. The largest absolute Gasteiger partial charge is 0.490 e. The molecule has 0 bridgehead atoms. The number of methoxy groups -OCH3 is 2. The van der Waals surface area contributed by atoms with Crippen molar-refractivity contribution in [3.05, 3.63) is 11.1 Å². The maximum absolute atomic E-state index is 6.46. The van der Waals surface area contributed by atoms with E-state index in [0.29, 0.717) is 17.2 Å². The average Bonchev–Trinajstić information content (AvgIpc) is 2.78. The fourth-order valence-electron chi connectivity index (χ4n) is 4.43. The van der Waals surface area contributed by atoms with Crippen LogP contribution in [0.4, 0.5) is 0 Å². The molecule has 182 valence electrons. The molecule has 0 radical (unpaired) electrons. The summed E-state index contributed by atoms with van der Waals surface area (Å²) in [4.78, 5) is 0. The van der Waals surface area contributed by atoms with Crippen LogP contribution in [0.25, 0.3) is 0 Å². The Labute approximate surface area is 194 Å². The molecule has 1 aromatic carbocycles. The Kier molecular flexibility index (Phi) is 9.14. The highest BCUT2D eigenvalue weighted by Gasteiger charge is 2.30. The summed E-state index contributed by atoms with van der Waals surface area (Å²) in [5.41, 5.74) is 2.17. The molecule has 2 fully saturated rings. The van der Waals surface area contributed by atoms with Crippen LogP contribution in [0.15, 0.2) is 0 Å². The van der Waals surface area contributed by atoms with Gasteiger partial charge >= 0.3 is 0 Å². The molecule has 2 aliphatic heterocycles. The molecule has 0 spiro atoms. The fraction of sp³-hybridized carbons (Fsp3) is 0.760. The van der Waals surface area contributed by atoms with Crippen LogP contribution < -0.4 is 18.9 Å². The maximum atomic E-state index is 6.46. The standard InChI is InChI=1S/C25H42O6Si/c1-18-19(12-11-17-32(4,5)6)23(31-21-14-8-10-16-29-21)25(27-3)24(26-2)22(18)30-20-13-7-9-15-28-20/h20-21H,7-17H2,1-6H3. The van der Waals surface area contributed by atoms with Gasteiger partial charge in [0.25, 0.3) is 0 Å². The minimum absolute atomic E-state index is 0.258. The van der Waals surface area contributed by atoms with Gasteiger partial charge in [-0.1, -0.05) is 32.1 Å². The molecule has 7 heteroatoms. The summed E-state index contributed by atoms with van der Waals surface area (Å²) in [6.45, 7) is 10.8. The summed E-state index contributed by atoms with van der Waals surface area (Å²) in [5, 5.41) is 0. The van der Waals surface area contributed by atoms with Crippen molar-refractivity contribution in [2.24, 2.45) is 0 Å². The first-order chi connectivity index (χ1) is 15.3. The van der Waals surface area contributed by atoms with Gasteiger partial charge in [0.15, 0.2) is 24.1 Å². The van der Waals surface area contributed by atoms with E-state index < -0.39 is 8.07 Å². The topological polar surface area (TPSA) is 55.4 Å². The van der Waals surface area contributed by atoms with Gasteiger partial charge in [0, 0.05) is 32.0 Å². The molecule has 1 aromatic rings. The van der Waals surface area contributed by atoms with Crippen molar-refractivity contribution in [2.75, 3.05) is 27.4 Å². The van der Waals surface area contributed by atoms with Crippen molar-refractivity contribution in [1.29, 1.82) is 0 Å². The monoisotopic (exact) mass is 466 g/mol. The van der Waals surface area contributed by atoms with Crippen LogP contribution in [0.2, 0.25) is 25.7 Å². The number of rotatable bonds is 10. The molecule has 0 N–H and O–H groups in total. The third-order valence-electron chi connectivity index (χ3n) is 6.22. The number of ether oxygens (including phenoxy) is 6. The minimum Gasteiger partial charge on any atom is -0.490 e. The molecule has 6 nitrogen and oxygen atoms in total. The lowest BCUT2D eigenvalue weighted by Gasteiger charge is -2.30. The van der Waals surface area contributed by atoms with Gasteiger partial charge in [-0.15, -0.1) is 0 Å². The number of hydrogen-bond donors (Lipinski definition) is 0. The number of hydrogen-bond acceptors (Lipinski definition) is 6. The Morgan fingerprint density at radius 2 is 1.31 bits per heavy atom. The number of benzene rings is 1. The lowest BCUT2D eigenvalue weighted by atomic mass is 10.00. The summed E-state index contributed by atoms with van der Waals surface area (Å²) in [5.74, 6) is 2.59. The molecule has 32 heavy (non-hydrogen) atoms. The van der Waals surface area contributed by atoms with Gasteiger partial charge in [0.2, 0.25) is 11.5 Å². The lowest BCUT2D eigenvalue weighted by Crippen LogP contribution is -2.27. The summed E-state index contributed by atoms with van der Waals surface area (Å²) < 4.78 is 36.3. The van der Waals surface area contributed by atoms with Crippen LogP contribution in [-0.4, -0.2) is 48.1 Å². The highest BCUT2D eigenvalue weighted by atomic mass is 28.3. The molecule has 2 saturated heterocycles. The van der Waals surface area contributed by atoms with Crippen LogP contribution in [-0.2, 0) is 15.9 Å². The lowest BCUT2D eigenvalue weighted by molar-refractivity contribution is -0.109. The SMILES string of the molecule is COc1c(OC2CCCCO2)c(C)c(CCC[Si](C)(C)C)c(OC2CCCCO2)c1OC. The van der Waals surface area contributed by atoms with Crippen LogP contribution in [0.3, 0.4) is 0 Å². The van der Waals surface area contributed by atoms with E-state index in [1.54, 1.807) is 14.2 Å². The first kappa shape index (κ1) is 25.2. The summed E-state index contributed by atoms with van der Waals surface area (Å²) >= 11 is 0. The summed E-state index contributed by atoms with van der Waals surface area (Å²) in [6.07, 6.45) is 7.62. The Bertz CT molecular complexity index is 733. The van der Waals surface area contributed by atoms with Crippen LogP contribution in [0.5, 0.6) is 23.0 Å². The summed E-state index contributed by atoms with van der Waals surface area (Å²) in [7, 11) is 2.16. The molecular formula is C25H42O6Si. The van der Waals surface area contributed by atoms with Crippen LogP contribution in [0, 0.1) is 6.92 Å². The molecular weight excluding hydrogens is 424 g/mol. The first-order valence-electron chi connectivity index (χ1n) is 12.2. The molecule has 2 heterocycles. The van der Waals surface area contributed by atoms with E-state index in [9.17, 15) is 0 Å². The van der Waals surface area contributed by atoms with Crippen molar-refractivity contribution in [1.82, 2.24) is 0 Å². The molecule has 2 unspecified atom stereocenters. The Morgan fingerprint density at radius 1 is 0.781 bits per heavy atom. The highest BCUT2D eigenvalue weighted by molar-refractivity contribution is 6.76. The van der Waals surface area contributed by atoms with Crippen LogP contribution in [0.1, 0.15) is 56.1 Å². The van der Waals surface area contributed by atoms with Gasteiger partial charge < -0.3 is 28.4 Å². The molecule has 3 rings (SSSR count). The van der Waals surface area contributed by atoms with E-state index >= 15 is 0 Å². The third-order valence-corrected chi connectivity index (χ3v) is 8.08. The smallest absolute Gasteiger partial charge is 0.207 e. The van der Waals surface area contributed by atoms with Crippen molar-refractivity contribution in [2.45, 2.75) is 96.6 Å². The zero-order valence-electron chi connectivity index (χ0n) is 20.9. The molecule has 2 aliphatic rings. The predicted molar refractivity (Wildman–Crippen MR) is 129 cm³/mol. The average molecular weight is 467 g/mol. The van der Waals surface area contributed by atoms with Crippen LogP contribution >= 0.6 is 0 Å². The Morgan fingerprint density at radius 3 is 1.78 bits per heavy atom.